The molecule has 0 aromatic heterocycles. The third-order valence-electron chi connectivity index (χ3n) is 2.28. The molecule has 0 atom stereocenters. The summed E-state index contributed by atoms with van der Waals surface area (Å²) in [5, 5.41) is 0. The van der Waals surface area contributed by atoms with Gasteiger partial charge in [0, 0.05) is 0 Å². The van der Waals surface area contributed by atoms with Gasteiger partial charge in [0.05, 0.1) is 20.1 Å². The lowest BCUT2D eigenvalue weighted by Gasteiger charge is -2.12. The average molecular weight is 248 g/mol. The zero-order valence-electron chi connectivity index (χ0n) is 9.80. The number of hydrogen-bond acceptors (Lipinski definition) is 2. The van der Waals surface area contributed by atoms with E-state index in [1.54, 1.807) is 12.1 Å². The molecule has 0 aliphatic carbocycles. The summed E-state index contributed by atoms with van der Waals surface area (Å²) in [7, 11) is 1.46. The third-order valence-corrected chi connectivity index (χ3v) is 2.28. The second-order valence-corrected chi connectivity index (χ2v) is 3.55. The largest absolute Gasteiger partial charge is 0.493 e. The van der Waals surface area contributed by atoms with E-state index in [0.717, 1.165) is 12.0 Å². The van der Waals surface area contributed by atoms with Crippen molar-refractivity contribution in [2.24, 2.45) is 0 Å². The zero-order chi connectivity index (χ0) is 12.9. The Balaban J connectivity index is 2.64. The minimum absolute atomic E-state index is 0.342. The van der Waals surface area contributed by atoms with Crippen LogP contribution in [0.5, 0.6) is 11.5 Å². The molecular formula is C12H15F3O2. The minimum Gasteiger partial charge on any atom is -0.493 e. The van der Waals surface area contributed by atoms with Gasteiger partial charge in [-0.2, -0.15) is 13.2 Å². The van der Waals surface area contributed by atoms with Gasteiger partial charge in [-0.05, 0) is 24.1 Å². The van der Waals surface area contributed by atoms with Gasteiger partial charge >= 0.3 is 6.18 Å². The Morgan fingerprint density at radius 2 is 1.88 bits per heavy atom. The Labute approximate surface area is 98.3 Å². The summed E-state index contributed by atoms with van der Waals surface area (Å²) in [5.74, 6) is 0.806. The van der Waals surface area contributed by atoms with Crippen molar-refractivity contribution in [3.05, 3.63) is 23.8 Å². The first kappa shape index (κ1) is 13.7. The van der Waals surface area contributed by atoms with Crippen LogP contribution in [0.15, 0.2) is 18.2 Å². The van der Waals surface area contributed by atoms with E-state index in [1.165, 1.54) is 7.11 Å². The summed E-state index contributed by atoms with van der Waals surface area (Å²) in [5.41, 5.74) is 1.05. The second kappa shape index (κ2) is 5.80. The first-order valence-corrected chi connectivity index (χ1v) is 5.32. The lowest BCUT2D eigenvalue weighted by molar-refractivity contribution is -0.139. The van der Waals surface area contributed by atoms with E-state index in [1.807, 2.05) is 13.0 Å². The average Bonchev–Trinajstić information content (AvgIpc) is 2.27. The fourth-order valence-electron chi connectivity index (χ4n) is 1.33. The number of aryl methyl sites for hydroxylation is 1. The lowest BCUT2D eigenvalue weighted by Crippen LogP contribution is -2.13. The highest BCUT2D eigenvalue weighted by atomic mass is 19.4. The maximum absolute atomic E-state index is 11.9. The first-order chi connectivity index (χ1) is 7.96. The topological polar surface area (TPSA) is 18.5 Å². The van der Waals surface area contributed by atoms with Crippen molar-refractivity contribution in [2.75, 3.05) is 13.7 Å². The summed E-state index contributed by atoms with van der Waals surface area (Å²) in [4.78, 5) is 0. The fourth-order valence-corrected chi connectivity index (χ4v) is 1.33. The molecule has 0 N–H and O–H groups in total. The van der Waals surface area contributed by atoms with Crippen LogP contribution in [0.2, 0.25) is 0 Å². The van der Waals surface area contributed by atoms with E-state index in [-0.39, 0.29) is 0 Å². The summed E-state index contributed by atoms with van der Waals surface area (Å²) < 4.78 is 46.0. The second-order valence-electron chi connectivity index (χ2n) is 3.55. The molecule has 0 radical (unpaired) electrons. The standard InChI is InChI=1S/C12H15F3O2/c1-3-9-4-5-10(11(8-9)16-2)17-7-6-12(13,14)15/h4-5,8H,3,6-7H2,1-2H3. The van der Waals surface area contributed by atoms with E-state index in [0.29, 0.717) is 11.5 Å². The van der Waals surface area contributed by atoms with E-state index in [4.69, 9.17) is 9.47 Å². The fraction of sp³-hybridized carbons (Fsp3) is 0.500. The van der Waals surface area contributed by atoms with Crippen molar-refractivity contribution >= 4 is 0 Å². The van der Waals surface area contributed by atoms with Crippen LogP contribution in [0, 0.1) is 0 Å². The normalized spacial score (nSPS) is 11.4. The molecule has 0 aliphatic heterocycles. The summed E-state index contributed by atoms with van der Waals surface area (Å²) >= 11 is 0. The number of hydrogen-bond donors (Lipinski definition) is 0. The van der Waals surface area contributed by atoms with Crippen LogP contribution in [0.25, 0.3) is 0 Å². The van der Waals surface area contributed by atoms with Crippen LogP contribution in [0.1, 0.15) is 18.9 Å². The molecule has 1 aromatic rings. The summed E-state index contributed by atoms with van der Waals surface area (Å²) in [6.07, 6.45) is -4.33. The molecule has 0 fully saturated rings. The number of methoxy groups -OCH3 is 1. The van der Waals surface area contributed by atoms with Crippen molar-refractivity contribution in [1.82, 2.24) is 0 Å². The Kier molecular flexibility index (Phi) is 4.66. The van der Waals surface area contributed by atoms with Crippen molar-refractivity contribution in [3.63, 3.8) is 0 Å². The molecule has 0 bridgehead atoms. The van der Waals surface area contributed by atoms with Crippen LogP contribution >= 0.6 is 0 Å². The number of benzene rings is 1. The SMILES string of the molecule is CCc1ccc(OCCC(F)(F)F)c(OC)c1. The van der Waals surface area contributed by atoms with Crippen LogP contribution in [-0.4, -0.2) is 19.9 Å². The van der Waals surface area contributed by atoms with Gasteiger partial charge in [-0.3, -0.25) is 0 Å². The predicted molar refractivity (Wildman–Crippen MR) is 58.5 cm³/mol. The molecule has 0 unspecified atom stereocenters. The number of alkyl halides is 3. The Morgan fingerprint density at radius 3 is 2.41 bits per heavy atom. The minimum atomic E-state index is -4.20. The lowest BCUT2D eigenvalue weighted by atomic mass is 10.1. The molecule has 0 spiro atoms. The predicted octanol–water partition coefficient (Wildman–Crippen LogP) is 3.59. The van der Waals surface area contributed by atoms with Crippen LogP contribution in [0.3, 0.4) is 0 Å². The van der Waals surface area contributed by atoms with Gasteiger partial charge in [-0.1, -0.05) is 13.0 Å². The Hall–Kier alpha value is -1.39. The highest BCUT2D eigenvalue weighted by Gasteiger charge is 2.27. The number of halogens is 3. The van der Waals surface area contributed by atoms with Crippen molar-refractivity contribution < 1.29 is 22.6 Å². The maximum atomic E-state index is 11.9. The maximum Gasteiger partial charge on any atom is 0.392 e. The molecule has 96 valence electrons. The van der Waals surface area contributed by atoms with E-state index >= 15 is 0 Å². The van der Waals surface area contributed by atoms with Gasteiger partial charge in [-0.25, -0.2) is 0 Å². The number of rotatable bonds is 5. The van der Waals surface area contributed by atoms with Crippen LogP contribution in [-0.2, 0) is 6.42 Å². The highest BCUT2D eigenvalue weighted by Crippen LogP contribution is 2.29. The van der Waals surface area contributed by atoms with Gasteiger partial charge in [0.2, 0.25) is 0 Å². The van der Waals surface area contributed by atoms with Crippen molar-refractivity contribution in [1.29, 1.82) is 0 Å². The monoisotopic (exact) mass is 248 g/mol. The molecule has 5 heteroatoms. The van der Waals surface area contributed by atoms with E-state index < -0.39 is 19.2 Å². The molecule has 17 heavy (non-hydrogen) atoms. The van der Waals surface area contributed by atoms with Crippen LogP contribution < -0.4 is 9.47 Å². The van der Waals surface area contributed by atoms with E-state index in [2.05, 4.69) is 0 Å². The van der Waals surface area contributed by atoms with Crippen LogP contribution in [0.4, 0.5) is 13.2 Å². The molecule has 0 amide bonds. The molecule has 2 nitrogen and oxygen atoms in total. The molecule has 0 heterocycles. The van der Waals surface area contributed by atoms with Crippen molar-refractivity contribution in [3.8, 4) is 11.5 Å². The van der Waals surface area contributed by atoms with Gasteiger partial charge in [0.15, 0.2) is 11.5 Å². The van der Waals surface area contributed by atoms with Gasteiger partial charge in [0.1, 0.15) is 0 Å². The zero-order valence-corrected chi connectivity index (χ0v) is 9.80. The molecule has 0 aliphatic rings. The van der Waals surface area contributed by atoms with E-state index in [9.17, 15) is 13.2 Å². The number of ether oxygens (including phenoxy) is 2. The Bertz CT molecular complexity index is 361. The summed E-state index contributed by atoms with van der Waals surface area (Å²) in [6, 6.07) is 5.21. The van der Waals surface area contributed by atoms with Crippen molar-refractivity contribution in [2.45, 2.75) is 25.9 Å². The Morgan fingerprint density at radius 1 is 1.18 bits per heavy atom. The van der Waals surface area contributed by atoms with Gasteiger partial charge in [-0.15, -0.1) is 0 Å². The molecule has 1 aromatic carbocycles. The summed E-state index contributed by atoms with van der Waals surface area (Å²) in [6.45, 7) is 1.59. The highest BCUT2D eigenvalue weighted by molar-refractivity contribution is 5.42. The molecule has 0 saturated carbocycles. The third kappa shape index (κ3) is 4.54. The smallest absolute Gasteiger partial charge is 0.392 e. The van der Waals surface area contributed by atoms with Gasteiger partial charge < -0.3 is 9.47 Å². The molecule has 0 saturated heterocycles. The quantitative estimate of drug-likeness (QED) is 0.792. The van der Waals surface area contributed by atoms with Gasteiger partial charge in [0.25, 0.3) is 0 Å². The molecule has 1 rings (SSSR count). The molecular weight excluding hydrogens is 233 g/mol. The first-order valence-electron chi connectivity index (χ1n) is 5.32.